The SMILES string of the molecule is CC(CC(=O)NC1(c2cccc(Br)c2)CC1)C1CCNCC1. The van der Waals surface area contributed by atoms with Gasteiger partial charge in [-0.2, -0.15) is 0 Å². The predicted molar refractivity (Wildman–Crippen MR) is 92.6 cm³/mol. The Balaban J connectivity index is 1.57. The summed E-state index contributed by atoms with van der Waals surface area (Å²) in [4.78, 5) is 12.5. The minimum atomic E-state index is -0.102. The van der Waals surface area contributed by atoms with E-state index in [2.05, 4.69) is 45.6 Å². The molecule has 2 N–H and O–H groups in total. The monoisotopic (exact) mass is 364 g/mol. The van der Waals surface area contributed by atoms with Crippen molar-refractivity contribution < 1.29 is 4.79 Å². The number of amides is 1. The molecule has 1 heterocycles. The molecule has 0 radical (unpaired) electrons. The van der Waals surface area contributed by atoms with Crippen molar-refractivity contribution in [1.29, 1.82) is 0 Å². The lowest BCUT2D eigenvalue weighted by Gasteiger charge is -2.28. The van der Waals surface area contributed by atoms with Gasteiger partial charge in [0.15, 0.2) is 0 Å². The van der Waals surface area contributed by atoms with Gasteiger partial charge in [-0.1, -0.05) is 35.0 Å². The lowest BCUT2D eigenvalue weighted by atomic mass is 9.84. The van der Waals surface area contributed by atoms with Gasteiger partial charge < -0.3 is 10.6 Å². The van der Waals surface area contributed by atoms with Crippen LogP contribution in [0.5, 0.6) is 0 Å². The first kappa shape index (κ1) is 16.0. The molecule has 1 saturated heterocycles. The van der Waals surface area contributed by atoms with Crippen LogP contribution >= 0.6 is 15.9 Å². The number of hydrogen-bond acceptors (Lipinski definition) is 2. The van der Waals surface area contributed by atoms with Gasteiger partial charge in [-0.05, 0) is 68.3 Å². The molecule has 1 unspecified atom stereocenters. The van der Waals surface area contributed by atoms with Crippen LogP contribution in [0.2, 0.25) is 0 Å². The summed E-state index contributed by atoms with van der Waals surface area (Å²) in [5, 5.41) is 6.70. The van der Waals surface area contributed by atoms with Crippen LogP contribution in [-0.2, 0) is 10.3 Å². The van der Waals surface area contributed by atoms with Gasteiger partial charge in [0, 0.05) is 10.9 Å². The summed E-state index contributed by atoms with van der Waals surface area (Å²) < 4.78 is 1.08. The lowest BCUT2D eigenvalue weighted by molar-refractivity contribution is -0.123. The number of piperidine rings is 1. The maximum absolute atomic E-state index is 12.5. The van der Waals surface area contributed by atoms with E-state index in [0.29, 0.717) is 18.3 Å². The summed E-state index contributed by atoms with van der Waals surface area (Å²) in [5.74, 6) is 1.37. The highest BCUT2D eigenvalue weighted by Gasteiger charge is 2.45. The number of hydrogen-bond donors (Lipinski definition) is 2. The summed E-state index contributed by atoms with van der Waals surface area (Å²) in [6.45, 7) is 4.42. The normalized spacial score (nSPS) is 22.1. The molecule has 0 aromatic heterocycles. The fraction of sp³-hybridized carbons (Fsp3) is 0.611. The summed E-state index contributed by atoms with van der Waals surface area (Å²) >= 11 is 3.52. The number of carbonyl (C=O) groups is 1. The smallest absolute Gasteiger partial charge is 0.220 e. The van der Waals surface area contributed by atoms with Gasteiger partial charge in [0.05, 0.1) is 5.54 Å². The Hall–Kier alpha value is -0.870. The van der Waals surface area contributed by atoms with Gasteiger partial charge in [0.1, 0.15) is 0 Å². The molecule has 3 rings (SSSR count). The van der Waals surface area contributed by atoms with Crippen LogP contribution < -0.4 is 10.6 Å². The van der Waals surface area contributed by atoms with Crippen molar-refractivity contribution in [3.05, 3.63) is 34.3 Å². The van der Waals surface area contributed by atoms with E-state index in [1.54, 1.807) is 0 Å². The number of halogens is 1. The largest absolute Gasteiger partial charge is 0.347 e. The highest BCUT2D eigenvalue weighted by molar-refractivity contribution is 9.10. The lowest BCUT2D eigenvalue weighted by Crippen LogP contribution is -2.37. The molecule has 0 spiro atoms. The topological polar surface area (TPSA) is 41.1 Å². The fourth-order valence-electron chi connectivity index (χ4n) is 3.59. The van der Waals surface area contributed by atoms with Crippen LogP contribution in [0.1, 0.15) is 44.6 Å². The van der Waals surface area contributed by atoms with E-state index in [-0.39, 0.29) is 11.4 Å². The van der Waals surface area contributed by atoms with Gasteiger partial charge in [0.2, 0.25) is 5.91 Å². The highest BCUT2D eigenvalue weighted by atomic mass is 79.9. The molecule has 3 nitrogen and oxygen atoms in total. The fourth-order valence-corrected chi connectivity index (χ4v) is 3.99. The zero-order valence-corrected chi connectivity index (χ0v) is 14.8. The van der Waals surface area contributed by atoms with Crippen LogP contribution in [0, 0.1) is 11.8 Å². The van der Waals surface area contributed by atoms with Crippen molar-refractivity contribution in [1.82, 2.24) is 10.6 Å². The second kappa shape index (κ2) is 6.71. The molecular formula is C18H25BrN2O. The third kappa shape index (κ3) is 3.72. The highest BCUT2D eigenvalue weighted by Crippen LogP contribution is 2.46. The molecule has 2 aliphatic rings. The average molecular weight is 365 g/mol. The zero-order chi connectivity index (χ0) is 15.6. The number of carbonyl (C=O) groups excluding carboxylic acids is 1. The quantitative estimate of drug-likeness (QED) is 0.838. The maximum atomic E-state index is 12.5. The second-order valence-corrected chi connectivity index (χ2v) is 7.83. The van der Waals surface area contributed by atoms with Crippen LogP contribution in [0.15, 0.2) is 28.7 Å². The number of nitrogens with one attached hydrogen (secondary N) is 2. The molecule has 1 aromatic rings. The Labute approximate surface area is 141 Å². The third-order valence-corrected chi connectivity index (χ3v) is 5.70. The molecule has 1 aromatic carbocycles. The molecule has 22 heavy (non-hydrogen) atoms. The van der Waals surface area contributed by atoms with Crippen molar-refractivity contribution in [3.8, 4) is 0 Å². The van der Waals surface area contributed by atoms with Crippen LogP contribution in [0.4, 0.5) is 0 Å². The van der Waals surface area contributed by atoms with E-state index in [0.717, 1.165) is 30.4 Å². The molecule has 4 heteroatoms. The Kier molecular flexibility index (Phi) is 4.88. The van der Waals surface area contributed by atoms with Gasteiger partial charge in [-0.3, -0.25) is 4.79 Å². The number of rotatable bonds is 5. The molecule has 1 saturated carbocycles. The summed E-state index contributed by atoms with van der Waals surface area (Å²) in [6.07, 6.45) is 5.16. The van der Waals surface area contributed by atoms with Gasteiger partial charge >= 0.3 is 0 Å². The van der Waals surface area contributed by atoms with Crippen molar-refractivity contribution in [2.45, 2.75) is 44.6 Å². The van der Waals surface area contributed by atoms with E-state index in [4.69, 9.17) is 0 Å². The Morgan fingerprint density at radius 1 is 1.41 bits per heavy atom. The van der Waals surface area contributed by atoms with Gasteiger partial charge in [-0.25, -0.2) is 0 Å². The third-order valence-electron chi connectivity index (χ3n) is 5.20. The van der Waals surface area contributed by atoms with E-state index < -0.39 is 0 Å². The summed E-state index contributed by atoms with van der Waals surface area (Å²) in [7, 11) is 0. The van der Waals surface area contributed by atoms with Crippen LogP contribution in [-0.4, -0.2) is 19.0 Å². The van der Waals surface area contributed by atoms with Gasteiger partial charge in [-0.15, -0.1) is 0 Å². The molecule has 1 amide bonds. The Morgan fingerprint density at radius 3 is 2.77 bits per heavy atom. The van der Waals surface area contributed by atoms with Gasteiger partial charge in [0.25, 0.3) is 0 Å². The molecule has 2 fully saturated rings. The van der Waals surface area contributed by atoms with Crippen LogP contribution in [0.3, 0.4) is 0 Å². The Bertz CT molecular complexity index is 536. The molecule has 1 aliphatic heterocycles. The van der Waals surface area contributed by atoms with Crippen molar-refractivity contribution in [2.24, 2.45) is 11.8 Å². The molecular weight excluding hydrogens is 340 g/mol. The molecule has 0 bridgehead atoms. The van der Waals surface area contributed by atoms with Crippen molar-refractivity contribution in [3.63, 3.8) is 0 Å². The van der Waals surface area contributed by atoms with E-state index in [1.165, 1.54) is 18.4 Å². The summed E-state index contributed by atoms with van der Waals surface area (Å²) in [6, 6.07) is 8.32. The second-order valence-electron chi connectivity index (χ2n) is 6.91. The maximum Gasteiger partial charge on any atom is 0.220 e. The van der Waals surface area contributed by atoms with Crippen LogP contribution in [0.25, 0.3) is 0 Å². The number of benzene rings is 1. The van der Waals surface area contributed by atoms with E-state index in [1.807, 2.05) is 12.1 Å². The zero-order valence-electron chi connectivity index (χ0n) is 13.2. The minimum Gasteiger partial charge on any atom is -0.347 e. The predicted octanol–water partition coefficient (Wildman–Crippen LogP) is 3.58. The Morgan fingerprint density at radius 2 is 2.14 bits per heavy atom. The minimum absolute atomic E-state index is 0.102. The molecule has 1 atom stereocenters. The van der Waals surface area contributed by atoms with Crippen molar-refractivity contribution in [2.75, 3.05) is 13.1 Å². The van der Waals surface area contributed by atoms with E-state index >= 15 is 0 Å². The standard InChI is InChI=1S/C18H25BrN2O/c1-13(14-5-9-20-10-6-14)11-17(22)21-18(7-8-18)15-3-2-4-16(19)12-15/h2-4,12-14,20H,5-11H2,1H3,(H,21,22). The summed E-state index contributed by atoms with van der Waals surface area (Å²) in [5.41, 5.74) is 1.12. The van der Waals surface area contributed by atoms with E-state index in [9.17, 15) is 4.79 Å². The van der Waals surface area contributed by atoms with Crippen molar-refractivity contribution >= 4 is 21.8 Å². The first-order chi connectivity index (χ1) is 10.6. The first-order valence-electron chi connectivity index (χ1n) is 8.37. The molecule has 120 valence electrons. The average Bonchev–Trinajstić information content (AvgIpc) is 3.29. The molecule has 1 aliphatic carbocycles. The first-order valence-corrected chi connectivity index (χ1v) is 9.16.